The first-order chi connectivity index (χ1) is 31.1. The highest BCUT2D eigenvalue weighted by molar-refractivity contribution is 5.72. The minimum Gasteiger partial charge on any atom is -0.477 e. The van der Waals surface area contributed by atoms with E-state index in [1.165, 1.54) is 77.0 Å². The van der Waals surface area contributed by atoms with Crippen molar-refractivity contribution in [2.75, 3.05) is 41.0 Å². The van der Waals surface area contributed by atoms with E-state index in [0.717, 1.165) is 70.6 Å². The topological polar surface area (TPSA) is 99.1 Å². The van der Waals surface area contributed by atoms with Gasteiger partial charge in [-0.15, -0.1) is 0 Å². The van der Waals surface area contributed by atoms with Crippen molar-refractivity contribution < 1.29 is 38.2 Å². The molecule has 0 aromatic carbocycles. The molecule has 0 heterocycles. The van der Waals surface area contributed by atoms with Crippen LogP contribution in [0.5, 0.6) is 0 Å². The van der Waals surface area contributed by atoms with Crippen molar-refractivity contribution in [3.8, 4) is 0 Å². The van der Waals surface area contributed by atoms with Gasteiger partial charge in [0.15, 0.2) is 12.1 Å². The molecule has 0 bridgehead atoms. The SMILES string of the molecule is CC/C=C/C/C=C/C/C=C/C/C=C/C/C=C/C/C=C/CCC(=O)OCC(COCCC(C(=O)O)[N+](C)(C)C)OC(=O)CCCCCCCCCCCCCCCC/C=C/C/C=C/CC. The zero-order valence-electron chi connectivity index (χ0n) is 41.4. The number of hydrogen-bond donors (Lipinski definition) is 1. The number of carboxylic acids is 1. The highest BCUT2D eigenvalue weighted by Crippen LogP contribution is 2.15. The summed E-state index contributed by atoms with van der Waals surface area (Å²) in [4.78, 5) is 37.1. The maximum atomic E-state index is 12.8. The van der Waals surface area contributed by atoms with Gasteiger partial charge < -0.3 is 23.8 Å². The normalized spacial score (nSPS) is 13.7. The van der Waals surface area contributed by atoms with Gasteiger partial charge in [0.05, 0.1) is 34.4 Å². The minimum atomic E-state index is -0.887. The lowest BCUT2D eigenvalue weighted by atomic mass is 10.0. The Morgan fingerprint density at radius 2 is 0.859 bits per heavy atom. The van der Waals surface area contributed by atoms with Crippen LogP contribution in [0.1, 0.15) is 187 Å². The summed E-state index contributed by atoms with van der Waals surface area (Å²) in [7, 11) is 5.51. The third kappa shape index (κ3) is 43.5. The quantitative estimate of drug-likeness (QED) is 0.0281. The lowest BCUT2D eigenvalue weighted by Crippen LogP contribution is -2.50. The van der Waals surface area contributed by atoms with Crippen LogP contribution in [0.2, 0.25) is 0 Å². The molecule has 0 aliphatic heterocycles. The maximum Gasteiger partial charge on any atom is 0.362 e. The molecule has 0 aliphatic rings. The summed E-state index contributed by atoms with van der Waals surface area (Å²) >= 11 is 0. The van der Waals surface area contributed by atoms with Crippen molar-refractivity contribution in [1.29, 1.82) is 0 Å². The number of carboxylic acid groups (broad SMARTS) is 1. The number of rotatable bonds is 44. The third-order valence-corrected chi connectivity index (χ3v) is 10.7. The van der Waals surface area contributed by atoms with Gasteiger partial charge in [-0.2, -0.15) is 0 Å². The molecule has 2 unspecified atom stereocenters. The molecule has 0 saturated heterocycles. The number of esters is 2. The fourth-order valence-corrected chi connectivity index (χ4v) is 6.92. The molecule has 0 fully saturated rings. The number of ether oxygens (including phenoxy) is 3. The largest absolute Gasteiger partial charge is 0.477 e. The predicted octanol–water partition coefficient (Wildman–Crippen LogP) is 14.6. The van der Waals surface area contributed by atoms with Gasteiger partial charge in [-0.3, -0.25) is 9.59 Å². The molecule has 364 valence electrons. The first kappa shape index (κ1) is 60.2. The number of hydrogen-bond acceptors (Lipinski definition) is 6. The Hall–Kier alpha value is -3.75. The summed E-state index contributed by atoms with van der Waals surface area (Å²) < 4.78 is 17.3. The first-order valence-electron chi connectivity index (χ1n) is 25.3. The van der Waals surface area contributed by atoms with Crippen molar-refractivity contribution >= 4 is 17.9 Å². The van der Waals surface area contributed by atoms with Gasteiger partial charge in [-0.25, -0.2) is 4.79 Å². The van der Waals surface area contributed by atoms with Crippen LogP contribution in [0, 0.1) is 0 Å². The second-order valence-corrected chi connectivity index (χ2v) is 17.7. The van der Waals surface area contributed by atoms with Gasteiger partial charge in [0, 0.05) is 19.3 Å². The second-order valence-electron chi connectivity index (χ2n) is 17.7. The molecule has 1 N–H and O–H groups in total. The van der Waals surface area contributed by atoms with Gasteiger partial charge >= 0.3 is 17.9 Å². The maximum absolute atomic E-state index is 12.8. The van der Waals surface area contributed by atoms with Gasteiger partial charge in [0.25, 0.3) is 0 Å². The van der Waals surface area contributed by atoms with E-state index in [4.69, 9.17) is 14.2 Å². The summed E-state index contributed by atoms with van der Waals surface area (Å²) in [5.74, 6) is -1.58. The molecule has 0 spiro atoms. The van der Waals surface area contributed by atoms with Crippen LogP contribution >= 0.6 is 0 Å². The molecule has 0 radical (unpaired) electrons. The van der Waals surface area contributed by atoms with Crippen LogP contribution in [0.4, 0.5) is 0 Å². The van der Waals surface area contributed by atoms with Crippen molar-refractivity contribution in [3.05, 3.63) is 97.2 Å². The van der Waals surface area contributed by atoms with Gasteiger partial charge in [-0.1, -0.05) is 188 Å². The van der Waals surface area contributed by atoms with Crippen molar-refractivity contribution in [2.45, 2.75) is 199 Å². The zero-order valence-corrected chi connectivity index (χ0v) is 41.4. The Morgan fingerprint density at radius 1 is 0.469 bits per heavy atom. The number of nitrogens with zero attached hydrogens (tertiary/aromatic N) is 1. The Bertz CT molecular complexity index is 1360. The molecule has 0 aliphatic carbocycles. The lowest BCUT2D eigenvalue weighted by molar-refractivity contribution is -0.887. The van der Waals surface area contributed by atoms with Gasteiger partial charge in [0.2, 0.25) is 0 Å². The van der Waals surface area contributed by atoms with E-state index in [1.807, 2.05) is 33.3 Å². The van der Waals surface area contributed by atoms with E-state index in [1.54, 1.807) is 0 Å². The van der Waals surface area contributed by atoms with E-state index >= 15 is 0 Å². The van der Waals surface area contributed by atoms with Crippen LogP contribution in [0.25, 0.3) is 0 Å². The highest BCUT2D eigenvalue weighted by atomic mass is 16.6. The van der Waals surface area contributed by atoms with Crippen LogP contribution < -0.4 is 0 Å². The molecule has 0 saturated carbocycles. The predicted molar refractivity (Wildman–Crippen MR) is 270 cm³/mol. The number of carbonyl (C=O) groups is 3. The summed E-state index contributed by atoms with van der Waals surface area (Å²) in [6.07, 6.45) is 61.9. The lowest BCUT2D eigenvalue weighted by Gasteiger charge is -2.31. The molecule has 64 heavy (non-hydrogen) atoms. The van der Waals surface area contributed by atoms with Crippen LogP contribution in [-0.4, -0.2) is 80.6 Å². The molecule has 8 heteroatoms. The zero-order chi connectivity index (χ0) is 47.0. The fraction of sp³-hybridized carbons (Fsp3) is 0.661. The molecule has 0 aromatic heterocycles. The molecule has 8 nitrogen and oxygen atoms in total. The van der Waals surface area contributed by atoms with Crippen molar-refractivity contribution in [1.82, 2.24) is 0 Å². The van der Waals surface area contributed by atoms with Crippen molar-refractivity contribution in [2.24, 2.45) is 0 Å². The highest BCUT2D eigenvalue weighted by Gasteiger charge is 2.31. The van der Waals surface area contributed by atoms with E-state index in [-0.39, 0.29) is 42.7 Å². The number of likely N-dealkylation sites (N-methyl/N-ethyl adjacent to an activating group) is 1. The Labute approximate surface area is 392 Å². The number of quaternary nitrogens is 1. The number of aliphatic carboxylic acids is 1. The summed E-state index contributed by atoms with van der Waals surface area (Å²) in [5, 5.41) is 9.65. The summed E-state index contributed by atoms with van der Waals surface area (Å²) in [6, 6.07) is -0.631. The van der Waals surface area contributed by atoms with Gasteiger partial charge in [-0.05, 0) is 77.0 Å². The number of unbranched alkanes of at least 4 members (excludes halogenated alkanes) is 14. The van der Waals surface area contributed by atoms with E-state index in [9.17, 15) is 19.5 Å². The monoisotopic (exact) mass is 893 g/mol. The number of carbonyl (C=O) groups excluding carboxylic acids is 2. The summed E-state index contributed by atoms with van der Waals surface area (Å²) in [6.45, 7) is 4.44. The summed E-state index contributed by atoms with van der Waals surface area (Å²) in [5.41, 5.74) is 0. The van der Waals surface area contributed by atoms with Crippen LogP contribution in [0.3, 0.4) is 0 Å². The van der Waals surface area contributed by atoms with Crippen LogP contribution in [0.15, 0.2) is 97.2 Å². The van der Waals surface area contributed by atoms with E-state index in [0.29, 0.717) is 19.3 Å². The average molecular weight is 893 g/mol. The van der Waals surface area contributed by atoms with Crippen LogP contribution in [-0.2, 0) is 28.6 Å². The fourth-order valence-electron chi connectivity index (χ4n) is 6.92. The Kier molecular flexibility index (Phi) is 43.1. The van der Waals surface area contributed by atoms with E-state index in [2.05, 4.69) is 98.9 Å². The first-order valence-corrected chi connectivity index (χ1v) is 25.3. The molecule has 0 aromatic rings. The Morgan fingerprint density at radius 3 is 1.28 bits per heavy atom. The molecule has 2 atom stereocenters. The standard InChI is InChI=1S/C56H93NO7/c1-6-8-10-12-14-16-18-20-22-24-26-27-29-31-33-35-37-39-41-43-45-47-55(59)64-52(50-62-49-48-53(56(60)61)57(3,4)5)51-63-54(58)46-44-42-40-38-36-34-32-30-28-25-23-21-19-17-15-13-11-9-7-2/h8-11,14-17,21,23,28,30,34,36,40,42,52-53H,6-7,12-13,18-20,22,24-27,29,31-33,35,37-39,41,43-51H2,1-5H3/p+1/b10-8+,11-9+,16-14+,17-15+,23-21+,30-28+,36-34+,42-40+. The third-order valence-electron chi connectivity index (χ3n) is 10.7. The van der Waals surface area contributed by atoms with Crippen molar-refractivity contribution in [3.63, 3.8) is 0 Å². The van der Waals surface area contributed by atoms with Gasteiger partial charge in [0.1, 0.15) is 6.61 Å². The van der Waals surface area contributed by atoms with E-state index < -0.39 is 18.1 Å². The second kappa shape index (κ2) is 45.8. The molecular weight excluding hydrogens is 799 g/mol. The molecular formula is C56H94NO7+. The molecule has 0 amide bonds. The number of allylic oxidation sites excluding steroid dienone is 16. The smallest absolute Gasteiger partial charge is 0.362 e. The minimum absolute atomic E-state index is 0.0328. The average Bonchev–Trinajstić information content (AvgIpc) is 3.26. The molecule has 0 rings (SSSR count). The Balaban J connectivity index is 4.36.